The summed E-state index contributed by atoms with van der Waals surface area (Å²) in [6, 6.07) is 4.26. The Hall–Kier alpha value is -0.920. The van der Waals surface area contributed by atoms with Crippen molar-refractivity contribution in [2.24, 2.45) is 11.1 Å². The smallest absolute Gasteiger partial charge is 0.255 e. The van der Waals surface area contributed by atoms with Crippen LogP contribution < -0.4 is 5.14 Å². The molecule has 20 heavy (non-hydrogen) atoms. The number of carbonyl (C=O) groups excluding carboxylic acids is 1. The first-order valence-corrected chi connectivity index (χ1v) is 8.78. The Labute approximate surface area is 127 Å². The first kappa shape index (κ1) is 15.5. The summed E-state index contributed by atoms with van der Waals surface area (Å²) >= 11 is 3.29. The van der Waals surface area contributed by atoms with Crippen molar-refractivity contribution in [2.45, 2.75) is 24.7 Å². The molecule has 1 fully saturated rings. The molecule has 7 heteroatoms. The highest BCUT2D eigenvalue weighted by Gasteiger charge is 2.27. The van der Waals surface area contributed by atoms with Gasteiger partial charge in [-0.3, -0.25) is 4.79 Å². The van der Waals surface area contributed by atoms with Crippen molar-refractivity contribution in [3.05, 3.63) is 28.2 Å². The number of carbonyl (C=O) groups is 1. The number of sulfonamides is 1. The van der Waals surface area contributed by atoms with Crippen molar-refractivity contribution in [3.63, 3.8) is 0 Å². The van der Waals surface area contributed by atoms with Crippen LogP contribution in [-0.4, -0.2) is 32.3 Å². The van der Waals surface area contributed by atoms with Crippen LogP contribution in [0.1, 0.15) is 30.1 Å². The lowest BCUT2D eigenvalue weighted by atomic mass is 10.1. The number of likely N-dealkylation sites (tertiary alicyclic amines) is 1. The average molecular weight is 361 g/mol. The summed E-state index contributed by atoms with van der Waals surface area (Å²) in [7, 11) is -3.81. The minimum atomic E-state index is -3.81. The molecule has 1 aliphatic heterocycles. The monoisotopic (exact) mass is 360 g/mol. The number of hydrogen-bond acceptors (Lipinski definition) is 3. The number of hydrogen-bond donors (Lipinski definition) is 1. The van der Waals surface area contributed by atoms with Crippen molar-refractivity contribution in [2.75, 3.05) is 13.1 Å². The molecule has 110 valence electrons. The molecule has 0 bridgehead atoms. The normalized spacial score (nSPS) is 19.4. The first-order chi connectivity index (χ1) is 9.32. The van der Waals surface area contributed by atoms with Gasteiger partial charge in [0.15, 0.2) is 0 Å². The number of nitrogens with zero attached hydrogens (tertiary/aromatic N) is 1. The van der Waals surface area contributed by atoms with Crippen molar-refractivity contribution >= 4 is 31.9 Å². The molecule has 5 nitrogen and oxygen atoms in total. The molecule has 2 rings (SSSR count). The van der Waals surface area contributed by atoms with Gasteiger partial charge in [0.25, 0.3) is 5.91 Å². The topological polar surface area (TPSA) is 80.5 Å². The van der Waals surface area contributed by atoms with E-state index in [4.69, 9.17) is 5.14 Å². The van der Waals surface area contributed by atoms with E-state index >= 15 is 0 Å². The van der Waals surface area contributed by atoms with Gasteiger partial charge >= 0.3 is 0 Å². The summed E-state index contributed by atoms with van der Waals surface area (Å²) in [5.41, 5.74) is 0.341. The molecule has 0 aromatic heterocycles. The first-order valence-electron chi connectivity index (χ1n) is 6.44. The Bertz CT molecular complexity index is 631. The zero-order valence-electron chi connectivity index (χ0n) is 11.2. The molecule has 1 atom stereocenters. The molecule has 1 amide bonds. The Morgan fingerprint density at radius 2 is 2.20 bits per heavy atom. The molecule has 0 aliphatic carbocycles. The van der Waals surface area contributed by atoms with E-state index in [-0.39, 0.29) is 10.8 Å². The van der Waals surface area contributed by atoms with Gasteiger partial charge in [-0.2, -0.15) is 0 Å². The third kappa shape index (κ3) is 3.21. The van der Waals surface area contributed by atoms with E-state index < -0.39 is 10.0 Å². The van der Waals surface area contributed by atoms with Crippen LogP contribution >= 0.6 is 15.9 Å². The van der Waals surface area contributed by atoms with Crippen LogP contribution in [0.15, 0.2) is 27.6 Å². The van der Waals surface area contributed by atoms with Gasteiger partial charge in [-0.05, 0) is 46.5 Å². The highest BCUT2D eigenvalue weighted by Crippen LogP contribution is 2.26. The number of nitrogens with two attached hydrogens (primary N) is 1. The maximum Gasteiger partial charge on any atom is 0.255 e. The average Bonchev–Trinajstić information content (AvgIpc) is 2.86. The third-order valence-electron chi connectivity index (χ3n) is 3.65. The van der Waals surface area contributed by atoms with Crippen LogP contribution in [0.4, 0.5) is 0 Å². The van der Waals surface area contributed by atoms with Gasteiger partial charge in [0.1, 0.15) is 0 Å². The van der Waals surface area contributed by atoms with Gasteiger partial charge < -0.3 is 4.90 Å². The molecule has 2 N–H and O–H groups in total. The van der Waals surface area contributed by atoms with Crippen molar-refractivity contribution in [1.29, 1.82) is 0 Å². The zero-order valence-corrected chi connectivity index (χ0v) is 13.6. The zero-order chi connectivity index (χ0) is 14.9. The van der Waals surface area contributed by atoms with Gasteiger partial charge in [-0.25, -0.2) is 13.6 Å². The lowest BCUT2D eigenvalue weighted by molar-refractivity contribution is 0.0786. The minimum absolute atomic E-state index is 0.0460. The van der Waals surface area contributed by atoms with Crippen molar-refractivity contribution < 1.29 is 13.2 Å². The Morgan fingerprint density at radius 3 is 2.75 bits per heavy atom. The lowest BCUT2D eigenvalue weighted by Crippen LogP contribution is -2.29. The third-order valence-corrected chi connectivity index (χ3v) is 5.25. The Balaban J connectivity index is 2.30. The lowest BCUT2D eigenvalue weighted by Gasteiger charge is -2.17. The van der Waals surface area contributed by atoms with Crippen LogP contribution in [-0.2, 0) is 10.0 Å². The van der Waals surface area contributed by atoms with Gasteiger partial charge in [-0.15, -0.1) is 0 Å². The minimum Gasteiger partial charge on any atom is -0.338 e. The predicted octanol–water partition coefficient (Wildman–Crippen LogP) is 1.97. The molecule has 1 heterocycles. The highest BCUT2D eigenvalue weighted by atomic mass is 79.9. The van der Waals surface area contributed by atoms with Crippen molar-refractivity contribution in [1.82, 2.24) is 4.90 Å². The second-order valence-electron chi connectivity index (χ2n) is 5.00. The second kappa shape index (κ2) is 5.83. The number of benzene rings is 1. The molecule has 1 saturated heterocycles. The number of primary sulfonamides is 1. The molecule has 0 spiro atoms. The van der Waals surface area contributed by atoms with Gasteiger partial charge in [0.2, 0.25) is 10.0 Å². The van der Waals surface area contributed by atoms with E-state index in [1.54, 1.807) is 11.0 Å². The van der Waals surface area contributed by atoms with Crippen LogP contribution in [0.5, 0.6) is 0 Å². The second-order valence-corrected chi connectivity index (χ2v) is 7.42. The fourth-order valence-electron chi connectivity index (χ4n) is 2.37. The quantitative estimate of drug-likeness (QED) is 0.894. The van der Waals surface area contributed by atoms with E-state index in [2.05, 4.69) is 22.9 Å². The van der Waals surface area contributed by atoms with E-state index in [9.17, 15) is 13.2 Å². The van der Waals surface area contributed by atoms with Gasteiger partial charge in [0.05, 0.1) is 10.5 Å². The summed E-state index contributed by atoms with van der Waals surface area (Å²) in [5, 5.41) is 5.10. The van der Waals surface area contributed by atoms with E-state index in [1.165, 1.54) is 12.1 Å². The number of amides is 1. The summed E-state index contributed by atoms with van der Waals surface area (Å²) in [5.74, 6) is 0.373. The summed E-state index contributed by atoms with van der Waals surface area (Å²) in [6.45, 7) is 3.54. The number of rotatable bonds is 3. The molecule has 0 radical (unpaired) electrons. The molecule has 1 aromatic rings. The van der Waals surface area contributed by atoms with Gasteiger partial charge in [0, 0.05) is 17.6 Å². The highest BCUT2D eigenvalue weighted by molar-refractivity contribution is 9.10. The summed E-state index contributed by atoms with van der Waals surface area (Å²) in [4.78, 5) is 14.2. The van der Waals surface area contributed by atoms with Crippen LogP contribution in [0.2, 0.25) is 0 Å². The predicted molar refractivity (Wildman–Crippen MR) is 79.8 cm³/mol. The molecule has 1 unspecified atom stereocenters. The van der Waals surface area contributed by atoms with E-state index in [0.29, 0.717) is 22.5 Å². The van der Waals surface area contributed by atoms with Crippen molar-refractivity contribution in [3.8, 4) is 0 Å². The Morgan fingerprint density at radius 1 is 1.50 bits per heavy atom. The molecular weight excluding hydrogens is 344 g/mol. The fourth-order valence-corrected chi connectivity index (χ4v) is 3.32. The fraction of sp³-hybridized carbons (Fsp3) is 0.462. The molecular formula is C13H17BrN2O3S. The molecule has 0 saturated carbocycles. The standard InChI is InChI=1S/C13H17BrN2O3S/c1-2-9-5-6-16(8-9)13(17)11-7-10(20(15,18)19)3-4-12(11)14/h3-4,7,9H,2,5-6,8H2,1H3,(H2,15,18,19). The largest absolute Gasteiger partial charge is 0.338 e. The van der Waals surface area contributed by atoms with E-state index in [1.807, 2.05) is 0 Å². The van der Waals surface area contributed by atoms with Crippen LogP contribution in [0.25, 0.3) is 0 Å². The number of halogens is 1. The molecule has 1 aromatic carbocycles. The Kier molecular flexibility index (Phi) is 4.51. The van der Waals surface area contributed by atoms with E-state index in [0.717, 1.165) is 19.4 Å². The van der Waals surface area contributed by atoms with Crippen LogP contribution in [0, 0.1) is 5.92 Å². The maximum absolute atomic E-state index is 12.5. The SMILES string of the molecule is CCC1CCN(C(=O)c2cc(S(N)(=O)=O)ccc2Br)C1. The summed E-state index contributed by atoms with van der Waals surface area (Å²) in [6.07, 6.45) is 2.04. The van der Waals surface area contributed by atoms with Crippen LogP contribution in [0.3, 0.4) is 0 Å². The maximum atomic E-state index is 12.5. The summed E-state index contributed by atoms with van der Waals surface area (Å²) < 4.78 is 23.3. The van der Waals surface area contributed by atoms with Gasteiger partial charge in [-0.1, -0.05) is 13.3 Å². The molecule has 1 aliphatic rings.